The normalized spacial score (nSPS) is 11.3. The van der Waals surface area contributed by atoms with Gasteiger partial charge in [-0.25, -0.2) is 0 Å². The molecular weight excluding hydrogens is 725 g/mol. The molecule has 0 unspecified atom stereocenters. The Morgan fingerprint density at radius 2 is 0.717 bits per heavy atom. The van der Waals surface area contributed by atoms with Gasteiger partial charge in [0.25, 0.3) is 0 Å². The Labute approximate surface area is 350 Å². The highest BCUT2D eigenvalue weighted by molar-refractivity contribution is 6.11. The van der Waals surface area contributed by atoms with Crippen molar-refractivity contribution in [3.05, 3.63) is 243 Å². The molecule has 10 aromatic carbocycles. The Balaban J connectivity index is 1.14. The lowest BCUT2D eigenvalue weighted by atomic mass is 9.94. The summed E-state index contributed by atoms with van der Waals surface area (Å²) in [5.41, 5.74) is 16.3. The lowest BCUT2D eigenvalue weighted by Gasteiger charge is -2.29. The molecule has 2 heteroatoms. The molecule has 0 aliphatic rings. The molecule has 0 aliphatic carbocycles. The van der Waals surface area contributed by atoms with E-state index < -0.39 is 0 Å². The standard InChI is InChI=1S/C58H40N2/c1-4-18-41(19-5-1)44-32-34-47(35-33-44)59(48-39-45(42-20-6-2-7-21-42)38-46(40-48)43-22-8-3-9-23-43)58-37-36-50(49-24-10-11-25-51(49)58)52-26-12-15-29-55(52)60-56-30-16-13-27-53(56)54-28-14-17-31-57(54)60/h1-40H. The van der Waals surface area contributed by atoms with E-state index in [0.29, 0.717) is 0 Å². The van der Waals surface area contributed by atoms with Gasteiger partial charge in [0.2, 0.25) is 0 Å². The third kappa shape index (κ3) is 6.23. The predicted octanol–water partition coefficient (Wildman–Crippen LogP) is 16.1. The number of aromatic nitrogens is 1. The Bertz CT molecular complexity index is 3180. The van der Waals surface area contributed by atoms with Crippen molar-refractivity contribution in [2.24, 2.45) is 0 Å². The van der Waals surface area contributed by atoms with Crippen molar-refractivity contribution in [1.82, 2.24) is 4.57 Å². The van der Waals surface area contributed by atoms with Crippen molar-refractivity contribution in [1.29, 1.82) is 0 Å². The van der Waals surface area contributed by atoms with Gasteiger partial charge in [0.1, 0.15) is 0 Å². The van der Waals surface area contributed by atoms with Crippen molar-refractivity contribution in [3.8, 4) is 50.2 Å². The fraction of sp³-hybridized carbons (Fsp3) is 0. The highest BCUT2D eigenvalue weighted by atomic mass is 15.1. The second kappa shape index (κ2) is 15.1. The van der Waals surface area contributed by atoms with E-state index in [4.69, 9.17) is 0 Å². The third-order valence-corrected chi connectivity index (χ3v) is 11.8. The first-order valence-corrected chi connectivity index (χ1v) is 20.6. The second-order valence-electron chi connectivity index (χ2n) is 15.3. The van der Waals surface area contributed by atoms with Gasteiger partial charge >= 0.3 is 0 Å². The minimum Gasteiger partial charge on any atom is -0.310 e. The SMILES string of the molecule is c1ccc(-c2ccc(N(c3cc(-c4ccccc4)cc(-c4ccccc4)c3)c3ccc(-c4ccccc4-n4c5ccccc5c5ccccc54)c4ccccc34)cc2)cc1. The molecule has 0 amide bonds. The Morgan fingerprint density at radius 3 is 1.30 bits per heavy atom. The number of nitrogens with zero attached hydrogens (tertiary/aromatic N) is 2. The molecule has 282 valence electrons. The number of benzene rings is 10. The van der Waals surface area contributed by atoms with Crippen LogP contribution in [0.15, 0.2) is 243 Å². The maximum absolute atomic E-state index is 2.44. The Hall–Kier alpha value is -7.94. The van der Waals surface area contributed by atoms with Crippen molar-refractivity contribution >= 4 is 49.6 Å². The first-order chi connectivity index (χ1) is 29.8. The van der Waals surface area contributed by atoms with E-state index >= 15 is 0 Å². The van der Waals surface area contributed by atoms with Crippen molar-refractivity contribution in [2.75, 3.05) is 4.90 Å². The summed E-state index contributed by atoms with van der Waals surface area (Å²) < 4.78 is 2.43. The Kier molecular flexibility index (Phi) is 8.87. The first-order valence-electron chi connectivity index (χ1n) is 20.6. The van der Waals surface area contributed by atoms with Crippen LogP contribution >= 0.6 is 0 Å². The van der Waals surface area contributed by atoms with Crippen LogP contribution in [0.1, 0.15) is 0 Å². The molecule has 0 aliphatic heterocycles. The van der Waals surface area contributed by atoms with Gasteiger partial charge in [-0.3, -0.25) is 0 Å². The van der Waals surface area contributed by atoms with E-state index in [1.54, 1.807) is 0 Å². The zero-order valence-corrected chi connectivity index (χ0v) is 33.0. The van der Waals surface area contributed by atoms with Crippen LogP contribution in [-0.2, 0) is 0 Å². The summed E-state index contributed by atoms with van der Waals surface area (Å²) in [6.07, 6.45) is 0. The molecule has 0 fully saturated rings. The maximum atomic E-state index is 2.44. The molecule has 0 atom stereocenters. The minimum atomic E-state index is 1.09. The maximum Gasteiger partial charge on any atom is 0.0541 e. The molecule has 11 aromatic rings. The summed E-state index contributed by atoms with van der Waals surface area (Å²) in [6.45, 7) is 0. The highest BCUT2D eigenvalue weighted by Crippen LogP contribution is 2.46. The van der Waals surface area contributed by atoms with Gasteiger partial charge in [0, 0.05) is 33.1 Å². The van der Waals surface area contributed by atoms with E-state index in [2.05, 4.69) is 252 Å². The summed E-state index contributed by atoms with van der Waals surface area (Å²) >= 11 is 0. The molecule has 0 N–H and O–H groups in total. The molecule has 60 heavy (non-hydrogen) atoms. The van der Waals surface area contributed by atoms with Gasteiger partial charge in [-0.2, -0.15) is 0 Å². The summed E-state index contributed by atoms with van der Waals surface area (Å²) in [4.78, 5) is 2.44. The molecule has 1 aromatic heterocycles. The summed E-state index contributed by atoms with van der Waals surface area (Å²) in [6, 6.07) is 88.0. The molecule has 0 saturated heterocycles. The van der Waals surface area contributed by atoms with E-state index in [1.165, 1.54) is 77.1 Å². The Morgan fingerprint density at radius 1 is 0.267 bits per heavy atom. The minimum absolute atomic E-state index is 1.09. The number of rotatable bonds is 8. The quantitative estimate of drug-likeness (QED) is 0.150. The van der Waals surface area contributed by atoms with Crippen LogP contribution in [0, 0.1) is 0 Å². The molecule has 0 saturated carbocycles. The van der Waals surface area contributed by atoms with E-state index in [1.807, 2.05) is 0 Å². The van der Waals surface area contributed by atoms with Gasteiger partial charge in [-0.1, -0.05) is 188 Å². The molecule has 0 spiro atoms. The fourth-order valence-corrected chi connectivity index (χ4v) is 8.99. The number of para-hydroxylation sites is 3. The highest BCUT2D eigenvalue weighted by Gasteiger charge is 2.21. The van der Waals surface area contributed by atoms with E-state index in [-0.39, 0.29) is 0 Å². The third-order valence-electron chi connectivity index (χ3n) is 11.8. The zero-order chi connectivity index (χ0) is 39.8. The molecule has 0 bridgehead atoms. The van der Waals surface area contributed by atoms with Gasteiger partial charge in [0.15, 0.2) is 0 Å². The largest absolute Gasteiger partial charge is 0.310 e. The summed E-state index contributed by atoms with van der Waals surface area (Å²) in [7, 11) is 0. The van der Waals surface area contributed by atoms with Crippen molar-refractivity contribution in [3.63, 3.8) is 0 Å². The monoisotopic (exact) mass is 764 g/mol. The lowest BCUT2D eigenvalue weighted by Crippen LogP contribution is -2.11. The van der Waals surface area contributed by atoms with Crippen LogP contribution < -0.4 is 4.90 Å². The fourth-order valence-electron chi connectivity index (χ4n) is 8.99. The average Bonchev–Trinajstić information content (AvgIpc) is 3.67. The number of anilines is 3. The van der Waals surface area contributed by atoms with Crippen molar-refractivity contribution in [2.45, 2.75) is 0 Å². The molecule has 11 rings (SSSR count). The topological polar surface area (TPSA) is 8.17 Å². The van der Waals surface area contributed by atoms with E-state index in [0.717, 1.165) is 22.7 Å². The van der Waals surface area contributed by atoms with Crippen LogP contribution in [0.4, 0.5) is 17.1 Å². The van der Waals surface area contributed by atoms with Crippen LogP contribution in [0.2, 0.25) is 0 Å². The number of fused-ring (bicyclic) bond motifs is 4. The molecule has 2 nitrogen and oxygen atoms in total. The van der Waals surface area contributed by atoms with Crippen LogP contribution in [0.5, 0.6) is 0 Å². The first kappa shape index (κ1) is 35.2. The van der Waals surface area contributed by atoms with Crippen molar-refractivity contribution < 1.29 is 0 Å². The molecule has 1 heterocycles. The second-order valence-corrected chi connectivity index (χ2v) is 15.3. The average molecular weight is 765 g/mol. The predicted molar refractivity (Wildman–Crippen MR) is 255 cm³/mol. The zero-order valence-electron chi connectivity index (χ0n) is 33.0. The van der Waals surface area contributed by atoms with Gasteiger partial charge in [-0.05, 0) is 98.9 Å². The van der Waals surface area contributed by atoms with Crippen LogP contribution in [0.25, 0.3) is 82.8 Å². The lowest BCUT2D eigenvalue weighted by molar-refractivity contribution is 1.18. The van der Waals surface area contributed by atoms with E-state index in [9.17, 15) is 0 Å². The smallest absolute Gasteiger partial charge is 0.0541 e. The summed E-state index contributed by atoms with van der Waals surface area (Å²) in [5, 5.41) is 4.87. The van der Waals surface area contributed by atoms with Gasteiger partial charge in [0.05, 0.1) is 22.4 Å². The van der Waals surface area contributed by atoms with Gasteiger partial charge < -0.3 is 9.47 Å². The van der Waals surface area contributed by atoms with Crippen LogP contribution in [-0.4, -0.2) is 4.57 Å². The number of hydrogen-bond acceptors (Lipinski definition) is 1. The summed E-state index contributed by atoms with van der Waals surface area (Å²) in [5.74, 6) is 0. The molecule has 0 radical (unpaired) electrons. The van der Waals surface area contributed by atoms with Gasteiger partial charge in [-0.15, -0.1) is 0 Å². The molecular formula is C58H40N2. The van der Waals surface area contributed by atoms with Crippen LogP contribution in [0.3, 0.4) is 0 Å². The number of hydrogen-bond donors (Lipinski definition) is 0.